The summed E-state index contributed by atoms with van der Waals surface area (Å²) in [5.74, 6) is 0.413. The first kappa shape index (κ1) is 17.6. The number of benzene rings is 1. The van der Waals surface area contributed by atoms with Crippen LogP contribution >= 0.6 is 0 Å². The van der Waals surface area contributed by atoms with Crippen LogP contribution in [0.15, 0.2) is 24.3 Å². The number of nitrogens with zero attached hydrogens (tertiary/aromatic N) is 2. The summed E-state index contributed by atoms with van der Waals surface area (Å²) in [4.78, 5) is 16.2. The highest BCUT2D eigenvalue weighted by Gasteiger charge is 2.26. The van der Waals surface area contributed by atoms with Crippen LogP contribution in [0.3, 0.4) is 0 Å². The molecule has 0 unspecified atom stereocenters. The van der Waals surface area contributed by atoms with Crippen LogP contribution in [0.1, 0.15) is 31.2 Å². The van der Waals surface area contributed by atoms with Crippen LogP contribution in [0.4, 0.5) is 10.5 Å². The SMILES string of the molecule is CN(C)c1cccc(CNC(=O)N(C)C2CCC(CO)CC2)c1. The van der Waals surface area contributed by atoms with Gasteiger partial charge < -0.3 is 20.2 Å². The molecular weight excluding hydrogens is 290 g/mol. The molecule has 2 amide bonds. The third-order valence-corrected chi connectivity index (χ3v) is 4.81. The summed E-state index contributed by atoms with van der Waals surface area (Å²) in [6.45, 7) is 0.807. The van der Waals surface area contributed by atoms with Crippen molar-refractivity contribution in [1.82, 2.24) is 10.2 Å². The van der Waals surface area contributed by atoms with Gasteiger partial charge in [0, 0.05) is 46.0 Å². The Labute approximate surface area is 139 Å². The lowest BCUT2D eigenvalue weighted by Gasteiger charge is -2.34. The van der Waals surface area contributed by atoms with E-state index in [-0.39, 0.29) is 18.7 Å². The maximum Gasteiger partial charge on any atom is 0.317 e. The predicted molar refractivity (Wildman–Crippen MR) is 93.6 cm³/mol. The maximum atomic E-state index is 12.3. The average Bonchev–Trinajstić information content (AvgIpc) is 2.59. The van der Waals surface area contributed by atoms with Crippen molar-refractivity contribution >= 4 is 11.7 Å². The minimum absolute atomic E-state index is 0.0206. The van der Waals surface area contributed by atoms with E-state index in [9.17, 15) is 9.90 Å². The van der Waals surface area contributed by atoms with Gasteiger partial charge in [-0.15, -0.1) is 0 Å². The Morgan fingerprint density at radius 2 is 1.91 bits per heavy atom. The van der Waals surface area contributed by atoms with Crippen LogP contribution in [0, 0.1) is 5.92 Å². The zero-order chi connectivity index (χ0) is 16.8. The van der Waals surface area contributed by atoms with Gasteiger partial charge >= 0.3 is 6.03 Å². The van der Waals surface area contributed by atoms with E-state index < -0.39 is 0 Å². The molecule has 0 aliphatic heterocycles. The lowest BCUT2D eigenvalue weighted by molar-refractivity contribution is 0.134. The van der Waals surface area contributed by atoms with Gasteiger partial charge in [-0.3, -0.25) is 0 Å². The van der Waals surface area contributed by atoms with Gasteiger partial charge in [0.15, 0.2) is 0 Å². The van der Waals surface area contributed by atoms with Crippen molar-refractivity contribution in [3.63, 3.8) is 0 Å². The zero-order valence-corrected chi connectivity index (χ0v) is 14.5. The van der Waals surface area contributed by atoms with Crippen molar-refractivity contribution in [2.24, 2.45) is 5.92 Å². The van der Waals surface area contributed by atoms with E-state index in [1.807, 2.05) is 38.2 Å². The number of aliphatic hydroxyl groups is 1. The van der Waals surface area contributed by atoms with Crippen LogP contribution < -0.4 is 10.2 Å². The minimum Gasteiger partial charge on any atom is -0.396 e. The molecule has 0 bridgehead atoms. The number of carbonyl (C=O) groups excluding carboxylic acids is 1. The Bertz CT molecular complexity index is 511. The van der Waals surface area contributed by atoms with E-state index in [0.29, 0.717) is 12.5 Å². The molecule has 2 rings (SSSR count). The molecule has 0 radical (unpaired) electrons. The van der Waals surface area contributed by atoms with Gasteiger partial charge in [-0.05, 0) is 49.3 Å². The molecule has 1 aromatic carbocycles. The molecule has 0 spiro atoms. The van der Waals surface area contributed by atoms with Crippen LogP contribution in [-0.4, -0.2) is 49.8 Å². The Kier molecular flexibility index (Phi) is 6.28. The highest BCUT2D eigenvalue weighted by atomic mass is 16.3. The molecule has 0 aromatic heterocycles. The fourth-order valence-corrected chi connectivity index (χ4v) is 3.13. The molecular formula is C18H29N3O2. The molecule has 0 heterocycles. The summed E-state index contributed by atoms with van der Waals surface area (Å²) in [7, 11) is 5.89. The summed E-state index contributed by atoms with van der Waals surface area (Å²) in [6, 6.07) is 8.44. The number of nitrogens with one attached hydrogen (secondary N) is 1. The second-order valence-corrected chi connectivity index (χ2v) is 6.69. The molecule has 2 N–H and O–H groups in total. The fourth-order valence-electron chi connectivity index (χ4n) is 3.13. The van der Waals surface area contributed by atoms with Gasteiger partial charge in [0.25, 0.3) is 0 Å². The van der Waals surface area contributed by atoms with E-state index in [4.69, 9.17) is 0 Å². The van der Waals surface area contributed by atoms with Gasteiger partial charge in [-0.25, -0.2) is 4.79 Å². The molecule has 1 aromatic rings. The zero-order valence-electron chi connectivity index (χ0n) is 14.5. The minimum atomic E-state index is -0.0206. The Hall–Kier alpha value is -1.75. The number of hydrogen-bond acceptors (Lipinski definition) is 3. The van der Waals surface area contributed by atoms with Crippen LogP contribution in [0.2, 0.25) is 0 Å². The molecule has 0 saturated heterocycles. The summed E-state index contributed by atoms with van der Waals surface area (Å²) in [5.41, 5.74) is 2.23. The van der Waals surface area contributed by atoms with Gasteiger partial charge in [0.05, 0.1) is 0 Å². The number of carbonyl (C=O) groups is 1. The number of hydrogen-bond donors (Lipinski definition) is 2. The van der Waals surface area contributed by atoms with E-state index in [1.54, 1.807) is 0 Å². The van der Waals surface area contributed by atoms with Crippen LogP contribution in [-0.2, 0) is 6.54 Å². The average molecular weight is 319 g/mol. The molecule has 23 heavy (non-hydrogen) atoms. The number of anilines is 1. The molecule has 1 aliphatic rings. The van der Waals surface area contributed by atoms with Crippen molar-refractivity contribution in [3.05, 3.63) is 29.8 Å². The first-order valence-corrected chi connectivity index (χ1v) is 8.39. The summed E-state index contributed by atoms with van der Waals surface area (Å²) >= 11 is 0. The smallest absolute Gasteiger partial charge is 0.317 e. The largest absolute Gasteiger partial charge is 0.396 e. The fraction of sp³-hybridized carbons (Fsp3) is 0.611. The number of urea groups is 1. The van der Waals surface area contributed by atoms with Gasteiger partial charge in [0.1, 0.15) is 0 Å². The third kappa shape index (κ3) is 4.86. The second kappa shape index (κ2) is 8.20. The van der Waals surface area contributed by atoms with Crippen molar-refractivity contribution in [1.29, 1.82) is 0 Å². The molecule has 1 saturated carbocycles. The van der Waals surface area contributed by atoms with Gasteiger partial charge in [-0.2, -0.15) is 0 Å². The summed E-state index contributed by atoms with van der Waals surface area (Å²) < 4.78 is 0. The van der Waals surface area contributed by atoms with Crippen molar-refractivity contribution in [2.75, 3.05) is 32.6 Å². The van der Waals surface area contributed by atoms with E-state index in [1.165, 1.54) is 0 Å². The lowest BCUT2D eigenvalue weighted by atomic mass is 9.86. The maximum absolute atomic E-state index is 12.3. The van der Waals surface area contributed by atoms with E-state index >= 15 is 0 Å². The Morgan fingerprint density at radius 1 is 1.22 bits per heavy atom. The Balaban J connectivity index is 1.83. The number of rotatable bonds is 5. The van der Waals surface area contributed by atoms with Crippen molar-refractivity contribution in [3.8, 4) is 0 Å². The molecule has 5 heteroatoms. The lowest BCUT2D eigenvalue weighted by Crippen LogP contribution is -2.45. The van der Waals surface area contributed by atoms with Crippen LogP contribution in [0.25, 0.3) is 0 Å². The van der Waals surface area contributed by atoms with Gasteiger partial charge in [-0.1, -0.05) is 12.1 Å². The molecule has 0 atom stereocenters. The van der Waals surface area contributed by atoms with Crippen LogP contribution in [0.5, 0.6) is 0 Å². The van der Waals surface area contributed by atoms with Gasteiger partial charge in [0.2, 0.25) is 0 Å². The molecule has 5 nitrogen and oxygen atoms in total. The first-order chi connectivity index (χ1) is 11.0. The first-order valence-electron chi connectivity index (χ1n) is 8.39. The Morgan fingerprint density at radius 3 is 2.52 bits per heavy atom. The highest BCUT2D eigenvalue weighted by molar-refractivity contribution is 5.74. The monoisotopic (exact) mass is 319 g/mol. The van der Waals surface area contributed by atoms with Crippen molar-refractivity contribution < 1.29 is 9.90 Å². The standard InChI is InChI=1S/C18H29N3O2/c1-20(2)17-6-4-5-15(11-17)12-19-18(23)21(3)16-9-7-14(13-22)8-10-16/h4-6,11,14,16,22H,7-10,12-13H2,1-3H3,(H,19,23). The molecule has 128 valence electrons. The van der Waals surface area contributed by atoms with E-state index in [2.05, 4.69) is 22.3 Å². The van der Waals surface area contributed by atoms with Crippen molar-refractivity contribution in [2.45, 2.75) is 38.3 Å². The quantitative estimate of drug-likeness (QED) is 0.876. The second-order valence-electron chi connectivity index (χ2n) is 6.69. The number of aliphatic hydroxyl groups excluding tert-OH is 1. The number of amides is 2. The third-order valence-electron chi connectivity index (χ3n) is 4.81. The highest BCUT2D eigenvalue weighted by Crippen LogP contribution is 2.26. The molecule has 1 aliphatic carbocycles. The van der Waals surface area contributed by atoms with E-state index in [0.717, 1.165) is 36.9 Å². The molecule has 1 fully saturated rings. The topological polar surface area (TPSA) is 55.8 Å². The summed E-state index contributed by atoms with van der Waals surface area (Å²) in [5, 5.41) is 12.2. The predicted octanol–water partition coefficient (Wildman–Crippen LogP) is 2.45. The normalized spacial score (nSPS) is 20.9. The summed E-state index contributed by atoms with van der Waals surface area (Å²) in [6.07, 6.45) is 3.96.